The van der Waals surface area contributed by atoms with Crippen molar-refractivity contribution >= 4 is 5.97 Å². The van der Waals surface area contributed by atoms with Gasteiger partial charge >= 0.3 is 5.97 Å². The van der Waals surface area contributed by atoms with Crippen LogP contribution < -0.4 is 9.47 Å². The van der Waals surface area contributed by atoms with Gasteiger partial charge in [0.25, 0.3) is 0 Å². The lowest BCUT2D eigenvalue weighted by atomic mass is 10.1. The number of para-hydroxylation sites is 1. The molecule has 1 heterocycles. The van der Waals surface area contributed by atoms with Gasteiger partial charge in [0, 0.05) is 24.4 Å². The summed E-state index contributed by atoms with van der Waals surface area (Å²) >= 11 is 0. The maximum atomic E-state index is 12.1. The van der Waals surface area contributed by atoms with Crippen molar-refractivity contribution in [2.24, 2.45) is 0 Å². The third-order valence-electron chi connectivity index (χ3n) is 6.17. The molecule has 1 unspecified atom stereocenters. The van der Waals surface area contributed by atoms with Crippen molar-refractivity contribution in [3.8, 4) is 28.5 Å². The molecule has 0 N–H and O–H groups in total. The van der Waals surface area contributed by atoms with Gasteiger partial charge in [0.2, 0.25) is 0 Å². The highest BCUT2D eigenvalue weighted by molar-refractivity contribution is 5.75. The van der Waals surface area contributed by atoms with E-state index in [1.807, 2.05) is 73.7 Å². The van der Waals surface area contributed by atoms with Crippen molar-refractivity contribution in [2.75, 3.05) is 19.8 Å². The first-order chi connectivity index (χ1) is 18.6. The van der Waals surface area contributed by atoms with Gasteiger partial charge in [-0.15, -0.1) is 0 Å². The average molecular weight is 514 g/mol. The summed E-state index contributed by atoms with van der Waals surface area (Å²) in [6.07, 6.45) is -0.130. The van der Waals surface area contributed by atoms with Crippen LogP contribution >= 0.6 is 0 Å². The van der Waals surface area contributed by atoms with Crippen LogP contribution in [0.2, 0.25) is 0 Å². The number of carbonyl (C=O) groups is 1. The Kier molecular flexibility index (Phi) is 9.59. The molecular weight excluding hydrogens is 478 g/mol. The van der Waals surface area contributed by atoms with E-state index in [-0.39, 0.29) is 5.97 Å². The predicted molar refractivity (Wildman–Crippen MR) is 149 cm³/mol. The van der Waals surface area contributed by atoms with Crippen molar-refractivity contribution in [3.05, 3.63) is 102 Å². The first-order valence-corrected chi connectivity index (χ1v) is 13.1. The molecule has 0 aliphatic rings. The number of rotatable bonds is 13. The third-order valence-corrected chi connectivity index (χ3v) is 6.17. The Morgan fingerprint density at radius 3 is 2.16 bits per heavy atom. The van der Waals surface area contributed by atoms with Gasteiger partial charge in [-0.1, -0.05) is 30.3 Å². The zero-order valence-electron chi connectivity index (χ0n) is 22.3. The van der Waals surface area contributed by atoms with Crippen molar-refractivity contribution in [1.29, 1.82) is 0 Å². The van der Waals surface area contributed by atoms with Crippen molar-refractivity contribution < 1.29 is 23.7 Å². The Bertz CT molecular complexity index is 1280. The molecule has 0 aliphatic carbocycles. The first-order valence-electron chi connectivity index (χ1n) is 13.1. The molecule has 0 amide bonds. The average Bonchev–Trinajstić information content (AvgIpc) is 3.30. The molecule has 1 aromatic heterocycles. The lowest BCUT2D eigenvalue weighted by Gasteiger charge is -2.16. The molecule has 3 aromatic carbocycles. The van der Waals surface area contributed by atoms with E-state index in [9.17, 15) is 4.79 Å². The summed E-state index contributed by atoms with van der Waals surface area (Å²) < 4.78 is 24.9. The van der Waals surface area contributed by atoms with Gasteiger partial charge in [-0.05, 0) is 92.6 Å². The van der Waals surface area contributed by atoms with Crippen LogP contribution in [0.4, 0.5) is 0 Å². The number of aromatic nitrogens is 1. The maximum Gasteiger partial charge on any atom is 0.335 e. The zero-order valence-corrected chi connectivity index (χ0v) is 22.3. The fraction of sp³-hybridized carbons (Fsp3) is 0.281. The minimum Gasteiger partial charge on any atom is -0.492 e. The van der Waals surface area contributed by atoms with Gasteiger partial charge in [-0.3, -0.25) is 0 Å². The number of aryl methyl sites for hydroxylation is 1. The number of ether oxygens (including phenoxy) is 4. The highest BCUT2D eigenvalue weighted by Gasteiger charge is 2.20. The largest absolute Gasteiger partial charge is 0.492 e. The lowest BCUT2D eigenvalue weighted by molar-refractivity contribution is -0.156. The second-order valence-electron chi connectivity index (χ2n) is 8.84. The lowest BCUT2D eigenvalue weighted by Crippen LogP contribution is -2.28. The highest BCUT2D eigenvalue weighted by Crippen LogP contribution is 2.27. The van der Waals surface area contributed by atoms with E-state index in [2.05, 4.69) is 35.8 Å². The van der Waals surface area contributed by atoms with Crippen LogP contribution in [0.1, 0.15) is 25.1 Å². The molecule has 0 bridgehead atoms. The molecule has 0 fully saturated rings. The van der Waals surface area contributed by atoms with Gasteiger partial charge in [-0.2, -0.15) is 0 Å². The second-order valence-corrected chi connectivity index (χ2v) is 8.84. The second kappa shape index (κ2) is 13.5. The SMILES string of the molecule is CCOC(=O)C(Cc1ccc(OCCn2c(C)ccc2-c2ccc(Oc3ccccc3)cc2)cc1)OCC. The Morgan fingerprint density at radius 1 is 0.789 bits per heavy atom. The fourth-order valence-corrected chi connectivity index (χ4v) is 4.27. The van der Waals surface area contributed by atoms with Gasteiger partial charge in [0.1, 0.15) is 23.9 Å². The topological polar surface area (TPSA) is 58.9 Å². The number of hydrogen-bond donors (Lipinski definition) is 0. The summed E-state index contributed by atoms with van der Waals surface area (Å²) in [7, 11) is 0. The van der Waals surface area contributed by atoms with Gasteiger partial charge < -0.3 is 23.5 Å². The molecule has 198 valence electrons. The standard InChI is InChI=1S/C32H35NO5/c1-4-35-31(32(34)36-5-2)23-25-12-16-27(17-13-25)37-22-21-33-24(3)11-20-30(33)26-14-18-29(19-15-26)38-28-9-7-6-8-10-28/h6-20,31H,4-5,21-23H2,1-3H3. The molecule has 6 heteroatoms. The van der Waals surface area contributed by atoms with E-state index < -0.39 is 6.10 Å². The molecule has 4 aromatic rings. The number of hydrogen-bond acceptors (Lipinski definition) is 5. The van der Waals surface area contributed by atoms with E-state index in [4.69, 9.17) is 18.9 Å². The Balaban J connectivity index is 1.33. The molecule has 0 saturated carbocycles. The van der Waals surface area contributed by atoms with Crippen molar-refractivity contribution in [3.63, 3.8) is 0 Å². The minimum absolute atomic E-state index is 0.328. The molecule has 4 rings (SSSR count). The van der Waals surface area contributed by atoms with Crippen molar-refractivity contribution in [2.45, 2.75) is 39.8 Å². The van der Waals surface area contributed by atoms with Crippen LogP contribution in [0.3, 0.4) is 0 Å². The van der Waals surface area contributed by atoms with Gasteiger partial charge in [-0.25, -0.2) is 4.79 Å². The Labute approximate surface area is 224 Å². The van der Waals surface area contributed by atoms with Gasteiger partial charge in [0.05, 0.1) is 13.2 Å². The summed E-state index contributed by atoms with van der Waals surface area (Å²) in [6, 6.07) is 30.0. The summed E-state index contributed by atoms with van der Waals surface area (Å²) in [5.41, 5.74) is 4.42. The zero-order chi connectivity index (χ0) is 26.7. The minimum atomic E-state index is -0.596. The Morgan fingerprint density at radius 2 is 1.47 bits per heavy atom. The number of nitrogens with zero attached hydrogens (tertiary/aromatic N) is 1. The van der Waals surface area contributed by atoms with Gasteiger partial charge in [0.15, 0.2) is 6.10 Å². The molecule has 0 aliphatic heterocycles. The quantitative estimate of drug-likeness (QED) is 0.183. The van der Waals surface area contributed by atoms with Crippen LogP contribution in [-0.2, 0) is 27.2 Å². The van der Waals surface area contributed by atoms with Crippen molar-refractivity contribution in [1.82, 2.24) is 4.57 Å². The molecule has 6 nitrogen and oxygen atoms in total. The van der Waals surface area contributed by atoms with E-state index in [0.717, 1.165) is 34.1 Å². The number of esters is 1. The first kappa shape index (κ1) is 27.0. The predicted octanol–water partition coefficient (Wildman–Crippen LogP) is 6.85. The molecule has 0 radical (unpaired) electrons. The van der Waals surface area contributed by atoms with E-state index in [1.165, 1.54) is 5.69 Å². The van der Waals surface area contributed by atoms with Crippen LogP contribution in [0.15, 0.2) is 91.0 Å². The Hall–Kier alpha value is -4.03. The molecular formula is C32H35NO5. The summed E-state index contributed by atoms with van der Waals surface area (Å²) in [6.45, 7) is 7.81. The summed E-state index contributed by atoms with van der Waals surface area (Å²) in [4.78, 5) is 12.1. The van der Waals surface area contributed by atoms with E-state index in [0.29, 0.717) is 32.8 Å². The third kappa shape index (κ3) is 7.26. The maximum absolute atomic E-state index is 12.1. The van der Waals surface area contributed by atoms with E-state index >= 15 is 0 Å². The van der Waals surface area contributed by atoms with Crippen LogP contribution in [0.5, 0.6) is 17.2 Å². The fourth-order valence-electron chi connectivity index (χ4n) is 4.27. The highest BCUT2D eigenvalue weighted by atomic mass is 16.6. The summed E-state index contributed by atoms with van der Waals surface area (Å²) in [5, 5.41) is 0. The normalized spacial score (nSPS) is 11.7. The molecule has 38 heavy (non-hydrogen) atoms. The molecule has 0 saturated heterocycles. The number of carbonyl (C=O) groups excluding carboxylic acids is 1. The molecule has 0 spiro atoms. The van der Waals surface area contributed by atoms with E-state index in [1.54, 1.807) is 6.92 Å². The van der Waals surface area contributed by atoms with Crippen LogP contribution in [0.25, 0.3) is 11.3 Å². The smallest absolute Gasteiger partial charge is 0.335 e. The van der Waals surface area contributed by atoms with Crippen LogP contribution in [0, 0.1) is 6.92 Å². The summed E-state index contributed by atoms with van der Waals surface area (Å²) in [5.74, 6) is 2.08. The monoisotopic (exact) mass is 513 g/mol. The van der Waals surface area contributed by atoms with Crippen LogP contribution in [-0.4, -0.2) is 36.5 Å². The number of benzene rings is 3. The molecule has 1 atom stereocenters.